The second-order valence-electron chi connectivity index (χ2n) is 20.1. The predicted molar refractivity (Wildman–Crippen MR) is 272 cm³/mol. The third kappa shape index (κ3) is 31.9. The number of unbranched alkanes of at least 4 members (excludes halogenated alkanes) is 17. The smallest absolute Gasteiger partial charge is 0.243 e. The molecule has 2 aliphatic carbocycles. The van der Waals surface area contributed by atoms with E-state index in [2.05, 4.69) is 57.2 Å². The molecule has 1 amide bonds. The SMILES string of the molecule is CCCCCC(CCCCC)CCOC(CCCCCCCC(CCCCCCCC(OCCC(CCCCC)CCCCC)=C1CC1)C(=O)N/N=C/CCCN(C)C)=C1CC1.[HH]. The van der Waals surface area contributed by atoms with Crippen molar-refractivity contribution < 1.29 is 15.7 Å². The Morgan fingerprint density at radius 1 is 0.548 bits per heavy atom. The van der Waals surface area contributed by atoms with Crippen LogP contribution in [0, 0.1) is 17.8 Å². The number of amides is 1. The number of hydrogen-bond acceptors (Lipinski definition) is 5. The Bertz CT molecular complexity index is 1070. The van der Waals surface area contributed by atoms with Crippen LogP contribution in [0.5, 0.6) is 0 Å². The summed E-state index contributed by atoms with van der Waals surface area (Å²) >= 11 is 0. The zero-order chi connectivity index (χ0) is 44.7. The van der Waals surface area contributed by atoms with Gasteiger partial charge in [-0.1, -0.05) is 182 Å². The van der Waals surface area contributed by atoms with Gasteiger partial charge in [-0.15, -0.1) is 0 Å². The van der Waals surface area contributed by atoms with Gasteiger partial charge >= 0.3 is 0 Å². The molecule has 0 aromatic heterocycles. The molecule has 0 bridgehead atoms. The minimum absolute atomic E-state index is 0. The first-order chi connectivity index (χ1) is 30.4. The second-order valence-corrected chi connectivity index (χ2v) is 20.1. The number of carbonyl (C=O) groups is 1. The molecule has 364 valence electrons. The number of allylic oxidation sites excluding steroid dienone is 4. The average Bonchev–Trinajstić information content (AvgIpc) is 4.20. The number of hydrogen-bond donors (Lipinski definition) is 1. The van der Waals surface area contributed by atoms with Crippen molar-refractivity contribution in [3.63, 3.8) is 0 Å². The van der Waals surface area contributed by atoms with Gasteiger partial charge in [0.05, 0.1) is 24.7 Å². The molecular weight excluding hydrogens is 763 g/mol. The summed E-state index contributed by atoms with van der Waals surface area (Å²) in [5.41, 5.74) is 6.11. The highest BCUT2D eigenvalue weighted by Crippen LogP contribution is 2.36. The molecule has 6 nitrogen and oxygen atoms in total. The largest absolute Gasteiger partial charge is 0.498 e. The first-order valence-corrected chi connectivity index (χ1v) is 27.5. The molecule has 0 atom stereocenters. The maximum absolute atomic E-state index is 13.4. The number of rotatable bonds is 46. The Kier molecular flexibility index (Phi) is 35.9. The quantitative estimate of drug-likeness (QED) is 0.0286. The highest BCUT2D eigenvalue weighted by molar-refractivity contribution is 5.79. The van der Waals surface area contributed by atoms with Crippen LogP contribution in [0.25, 0.3) is 0 Å². The van der Waals surface area contributed by atoms with E-state index in [1.54, 1.807) is 11.1 Å². The predicted octanol–water partition coefficient (Wildman–Crippen LogP) is 17.2. The number of ether oxygens (including phenoxy) is 2. The molecule has 0 radical (unpaired) electrons. The molecule has 0 aromatic carbocycles. The van der Waals surface area contributed by atoms with E-state index in [9.17, 15) is 4.79 Å². The number of carbonyl (C=O) groups excluding carboxylic acids is 1. The minimum atomic E-state index is 0. The van der Waals surface area contributed by atoms with Gasteiger partial charge in [0.25, 0.3) is 0 Å². The van der Waals surface area contributed by atoms with Crippen LogP contribution in [0.15, 0.2) is 27.8 Å². The Labute approximate surface area is 387 Å². The van der Waals surface area contributed by atoms with E-state index >= 15 is 0 Å². The number of hydrazone groups is 1. The maximum Gasteiger partial charge on any atom is 0.243 e. The van der Waals surface area contributed by atoms with Crippen molar-refractivity contribution >= 4 is 12.1 Å². The van der Waals surface area contributed by atoms with Gasteiger partial charge in [0, 0.05) is 26.4 Å². The van der Waals surface area contributed by atoms with E-state index in [4.69, 9.17) is 9.47 Å². The van der Waals surface area contributed by atoms with Crippen LogP contribution in [0.1, 0.15) is 273 Å². The maximum atomic E-state index is 13.4. The molecule has 2 aliphatic rings. The van der Waals surface area contributed by atoms with Crippen LogP contribution in [-0.2, 0) is 14.3 Å². The van der Waals surface area contributed by atoms with Gasteiger partial charge in [-0.3, -0.25) is 4.79 Å². The first-order valence-electron chi connectivity index (χ1n) is 27.5. The molecule has 1 N–H and O–H groups in total. The summed E-state index contributed by atoms with van der Waals surface area (Å²) in [7, 11) is 4.20. The van der Waals surface area contributed by atoms with Crippen molar-refractivity contribution in [1.82, 2.24) is 10.3 Å². The van der Waals surface area contributed by atoms with E-state index in [-0.39, 0.29) is 13.3 Å². The van der Waals surface area contributed by atoms with Gasteiger partial charge in [-0.25, -0.2) is 5.43 Å². The summed E-state index contributed by atoms with van der Waals surface area (Å²) in [6.45, 7) is 12.1. The summed E-state index contributed by atoms with van der Waals surface area (Å²) < 4.78 is 13.0. The fourth-order valence-corrected chi connectivity index (χ4v) is 9.26. The molecule has 2 saturated carbocycles. The highest BCUT2D eigenvalue weighted by atomic mass is 16.5. The van der Waals surface area contributed by atoms with E-state index in [1.165, 1.54) is 204 Å². The van der Waals surface area contributed by atoms with Crippen LogP contribution in [0.3, 0.4) is 0 Å². The van der Waals surface area contributed by atoms with Gasteiger partial charge in [-0.2, -0.15) is 5.10 Å². The molecule has 2 rings (SSSR count). The van der Waals surface area contributed by atoms with Gasteiger partial charge in [0.2, 0.25) is 5.91 Å². The third-order valence-corrected chi connectivity index (χ3v) is 13.7. The first kappa shape index (κ1) is 56.3. The lowest BCUT2D eigenvalue weighted by Crippen LogP contribution is -2.27. The summed E-state index contributed by atoms with van der Waals surface area (Å²) in [5.74, 6) is 4.55. The molecule has 0 saturated heterocycles. The minimum Gasteiger partial charge on any atom is -0.498 e. The van der Waals surface area contributed by atoms with Crippen molar-refractivity contribution in [3.05, 3.63) is 22.7 Å². The van der Waals surface area contributed by atoms with E-state index in [0.29, 0.717) is 0 Å². The number of nitrogens with one attached hydrogen (secondary N) is 1. The Morgan fingerprint density at radius 3 is 1.32 bits per heavy atom. The average molecular weight is 870 g/mol. The molecule has 0 heterocycles. The summed E-state index contributed by atoms with van der Waals surface area (Å²) in [6.07, 6.45) is 49.4. The molecule has 0 aliphatic heterocycles. The third-order valence-electron chi connectivity index (χ3n) is 13.7. The van der Waals surface area contributed by atoms with E-state index in [1.807, 2.05) is 6.21 Å². The van der Waals surface area contributed by atoms with Crippen molar-refractivity contribution in [2.24, 2.45) is 22.9 Å². The molecular formula is C56H107N3O3. The Morgan fingerprint density at radius 2 is 0.935 bits per heavy atom. The van der Waals surface area contributed by atoms with Crippen LogP contribution in [0.2, 0.25) is 0 Å². The Hall–Kier alpha value is -1.82. The topological polar surface area (TPSA) is 63.2 Å². The molecule has 0 spiro atoms. The summed E-state index contributed by atoms with van der Waals surface area (Å²) in [6, 6.07) is 0. The van der Waals surface area contributed by atoms with Crippen LogP contribution < -0.4 is 5.43 Å². The highest BCUT2D eigenvalue weighted by Gasteiger charge is 2.21. The molecule has 62 heavy (non-hydrogen) atoms. The van der Waals surface area contributed by atoms with Crippen LogP contribution >= 0.6 is 0 Å². The van der Waals surface area contributed by atoms with E-state index in [0.717, 1.165) is 83.0 Å². The zero-order valence-corrected chi connectivity index (χ0v) is 42.4. The van der Waals surface area contributed by atoms with Crippen molar-refractivity contribution in [1.29, 1.82) is 0 Å². The van der Waals surface area contributed by atoms with Crippen molar-refractivity contribution in [2.45, 2.75) is 272 Å². The molecule has 2 fully saturated rings. The fourth-order valence-electron chi connectivity index (χ4n) is 9.26. The van der Waals surface area contributed by atoms with Crippen molar-refractivity contribution in [2.75, 3.05) is 33.9 Å². The van der Waals surface area contributed by atoms with Crippen molar-refractivity contribution in [3.8, 4) is 0 Å². The van der Waals surface area contributed by atoms with Gasteiger partial charge < -0.3 is 14.4 Å². The molecule has 0 aromatic rings. The summed E-state index contributed by atoms with van der Waals surface area (Å²) in [5, 5.41) is 4.35. The van der Waals surface area contributed by atoms with E-state index < -0.39 is 0 Å². The lowest BCUT2D eigenvalue weighted by atomic mass is 9.92. The molecule has 6 heteroatoms. The number of nitrogens with zero attached hydrogens (tertiary/aromatic N) is 2. The fraction of sp³-hybridized carbons (Fsp3) is 0.893. The lowest BCUT2D eigenvalue weighted by molar-refractivity contribution is -0.125. The van der Waals surface area contributed by atoms with Gasteiger partial charge in [0.1, 0.15) is 0 Å². The lowest BCUT2D eigenvalue weighted by Gasteiger charge is -2.18. The standard InChI is InChI=1S/C56H105N3O3.H2/c1-7-11-21-31-49(32-22-12-8-2)43-47-61-54(51-39-40-51)37-27-19-15-17-25-35-53(56(60)58-57-45-29-30-46-59(5)6)36-26-18-16-20-28-38-55(52-41-42-52)62-48-44-50(33-23-13-9-3)34-24-14-10-4;/h45,49-50,53H,7-44,46-48H2,1-6H3,(H,58,60);1H/b57-45+;. The monoisotopic (exact) mass is 870 g/mol. The zero-order valence-electron chi connectivity index (χ0n) is 42.4. The molecule has 0 unspecified atom stereocenters. The summed E-state index contributed by atoms with van der Waals surface area (Å²) in [4.78, 5) is 15.5. The van der Waals surface area contributed by atoms with Crippen LogP contribution in [-0.4, -0.2) is 50.9 Å². The second kappa shape index (κ2) is 39.5. The normalized spacial score (nSPS) is 13.7. The van der Waals surface area contributed by atoms with Gasteiger partial charge in [-0.05, 0) is 121 Å². The van der Waals surface area contributed by atoms with Gasteiger partial charge in [0.15, 0.2) is 0 Å². The van der Waals surface area contributed by atoms with Crippen LogP contribution in [0.4, 0.5) is 0 Å². The Balaban J connectivity index is 0.0000198.